The topological polar surface area (TPSA) is 20.2 Å². The summed E-state index contributed by atoms with van der Waals surface area (Å²) in [6, 6.07) is 13.8. The predicted octanol–water partition coefficient (Wildman–Crippen LogP) is 8.73. The second-order valence-electron chi connectivity index (χ2n) is 9.34. The maximum atomic E-state index is 10.7. The van der Waals surface area contributed by atoms with Gasteiger partial charge in [0.2, 0.25) is 0 Å². The summed E-state index contributed by atoms with van der Waals surface area (Å²) in [6.07, 6.45) is 4.13. The summed E-state index contributed by atoms with van der Waals surface area (Å²) in [5.41, 5.74) is 4.92. The van der Waals surface area contributed by atoms with Gasteiger partial charge in [-0.25, -0.2) is 0 Å². The first-order chi connectivity index (χ1) is 13.5. The molecule has 5 heteroatoms. The second kappa shape index (κ2) is 8.76. The van der Waals surface area contributed by atoms with E-state index in [0.29, 0.717) is 16.0 Å². The molecule has 0 spiro atoms. The van der Waals surface area contributed by atoms with Crippen LogP contribution in [-0.4, -0.2) is 13.1 Å². The fourth-order valence-corrected chi connectivity index (χ4v) is 5.33. The van der Waals surface area contributed by atoms with Crippen molar-refractivity contribution in [2.24, 2.45) is 5.92 Å². The highest BCUT2D eigenvalue weighted by Crippen LogP contribution is 2.49. The van der Waals surface area contributed by atoms with E-state index < -0.39 is 8.32 Å². The molecule has 0 saturated heterocycles. The smallest absolute Gasteiger partial charge is 0.188 e. The van der Waals surface area contributed by atoms with Crippen molar-refractivity contribution in [1.29, 1.82) is 0 Å². The van der Waals surface area contributed by atoms with Crippen molar-refractivity contribution in [3.63, 3.8) is 0 Å². The summed E-state index contributed by atoms with van der Waals surface area (Å²) in [5.74, 6) is 0.540. The van der Waals surface area contributed by atoms with Crippen molar-refractivity contribution in [2.45, 2.75) is 57.7 Å². The molecule has 1 aliphatic carbocycles. The van der Waals surface area contributed by atoms with Gasteiger partial charge in [-0.05, 0) is 96.3 Å². The van der Waals surface area contributed by atoms with Crippen LogP contribution in [0.15, 0.2) is 42.5 Å². The zero-order valence-corrected chi connectivity index (χ0v) is 20.8. The van der Waals surface area contributed by atoms with Crippen LogP contribution in [-0.2, 0) is 0 Å². The van der Waals surface area contributed by atoms with Gasteiger partial charge in [-0.2, -0.15) is 0 Å². The minimum absolute atomic E-state index is 0.00585. The molecule has 0 bridgehead atoms. The van der Waals surface area contributed by atoms with Gasteiger partial charge in [0.1, 0.15) is 0 Å². The Bertz CT molecular complexity index is 911. The third-order valence-electron chi connectivity index (χ3n) is 6.63. The van der Waals surface area contributed by atoms with Crippen LogP contribution < -0.4 is 0 Å². The average molecular weight is 468 g/mol. The third kappa shape index (κ3) is 5.29. The van der Waals surface area contributed by atoms with Crippen molar-refractivity contribution in [3.8, 4) is 0 Å². The lowest BCUT2D eigenvalue weighted by molar-refractivity contribution is 0.403. The van der Waals surface area contributed by atoms with Crippen LogP contribution in [0.4, 0.5) is 0 Å². The Balaban J connectivity index is 1.90. The zero-order valence-electron chi connectivity index (χ0n) is 17.5. The lowest BCUT2D eigenvalue weighted by Crippen LogP contribution is -2.39. The zero-order chi connectivity index (χ0) is 21.4. The lowest BCUT2D eigenvalue weighted by Gasteiger charge is -2.35. The molecule has 0 heterocycles. The van der Waals surface area contributed by atoms with Gasteiger partial charge >= 0.3 is 0 Å². The van der Waals surface area contributed by atoms with Gasteiger partial charge in [-0.15, -0.1) is 0 Å². The Morgan fingerprint density at radius 3 is 2.10 bits per heavy atom. The van der Waals surface area contributed by atoms with Crippen molar-refractivity contribution in [3.05, 3.63) is 68.7 Å². The molecule has 29 heavy (non-hydrogen) atoms. The molecular weight excluding hydrogens is 439 g/mol. The van der Waals surface area contributed by atoms with E-state index in [4.69, 9.17) is 34.8 Å². The highest BCUT2D eigenvalue weighted by atomic mass is 35.5. The lowest BCUT2D eigenvalue weighted by atomic mass is 9.93. The maximum absolute atomic E-state index is 10.7. The van der Waals surface area contributed by atoms with E-state index in [-0.39, 0.29) is 5.04 Å². The molecule has 0 fully saturated rings. The van der Waals surface area contributed by atoms with Gasteiger partial charge in [0.25, 0.3) is 0 Å². The first kappa shape index (κ1) is 22.9. The molecule has 2 aromatic rings. The number of hydrogen-bond acceptors (Lipinski definition) is 1. The van der Waals surface area contributed by atoms with Gasteiger partial charge in [0, 0.05) is 15.1 Å². The molecule has 0 aliphatic heterocycles. The van der Waals surface area contributed by atoms with Gasteiger partial charge in [0.05, 0.1) is 0 Å². The molecule has 1 atom stereocenters. The molecule has 0 aromatic heterocycles. The average Bonchev–Trinajstić information content (AvgIpc) is 3.04. The van der Waals surface area contributed by atoms with E-state index in [1.807, 2.05) is 43.4 Å². The molecule has 0 radical (unpaired) electrons. The predicted molar refractivity (Wildman–Crippen MR) is 130 cm³/mol. The highest BCUT2D eigenvalue weighted by molar-refractivity contribution is 6.72. The first-order valence-electron chi connectivity index (χ1n) is 10.1. The number of hydrogen-bond donors (Lipinski definition) is 1. The molecule has 0 amide bonds. The van der Waals surface area contributed by atoms with Crippen molar-refractivity contribution in [1.82, 2.24) is 0 Å². The molecule has 1 N–H and O–H groups in total. The summed E-state index contributed by atoms with van der Waals surface area (Å²) in [5, 5.41) is 2.09. The van der Waals surface area contributed by atoms with Gasteiger partial charge < -0.3 is 4.80 Å². The molecule has 2 aromatic carbocycles. The Hall–Kier alpha value is -0.773. The Kier molecular flexibility index (Phi) is 6.92. The van der Waals surface area contributed by atoms with Crippen LogP contribution in [0, 0.1) is 5.92 Å². The molecule has 156 valence electrons. The van der Waals surface area contributed by atoms with E-state index in [9.17, 15) is 4.80 Å². The Morgan fingerprint density at radius 1 is 0.931 bits per heavy atom. The van der Waals surface area contributed by atoms with E-state index in [1.165, 1.54) is 16.7 Å². The fourth-order valence-electron chi connectivity index (χ4n) is 3.92. The number of halogens is 3. The van der Waals surface area contributed by atoms with Gasteiger partial charge in [-0.1, -0.05) is 66.8 Å². The van der Waals surface area contributed by atoms with Gasteiger partial charge in [0.15, 0.2) is 8.32 Å². The fraction of sp³-hybridized carbons (Fsp3) is 0.417. The normalized spacial score (nSPS) is 17.9. The van der Waals surface area contributed by atoms with Crippen molar-refractivity contribution in [2.75, 3.05) is 0 Å². The summed E-state index contributed by atoms with van der Waals surface area (Å²) in [6.45, 7) is 8.49. The van der Waals surface area contributed by atoms with Crippen LogP contribution in [0.5, 0.6) is 0 Å². The van der Waals surface area contributed by atoms with E-state index in [1.54, 1.807) is 0 Å². The maximum Gasteiger partial charge on any atom is 0.188 e. The van der Waals surface area contributed by atoms with Crippen LogP contribution in [0.2, 0.25) is 33.2 Å². The summed E-state index contributed by atoms with van der Waals surface area (Å²) in [7, 11) is -2.20. The van der Waals surface area contributed by atoms with E-state index in [0.717, 1.165) is 36.3 Å². The van der Waals surface area contributed by atoms with Crippen LogP contribution >= 0.6 is 34.8 Å². The summed E-state index contributed by atoms with van der Waals surface area (Å²) >= 11 is 18.8. The monoisotopic (exact) mass is 466 g/mol. The molecule has 1 nitrogen and oxygen atoms in total. The summed E-state index contributed by atoms with van der Waals surface area (Å²) < 4.78 is 0. The van der Waals surface area contributed by atoms with Crippen LogP contribution in [0.25, 0.3) is 11.1 Å². The molecular formula is C24H29Cl3OSi. The van der Waals surface area contributed by atoms with Gasteiger partial charge in [-0.3, -0.25) is 0 Å². The summed E-state index contributed by atoms with van der Waals surface area (Å²) in [4.78, 5) is 10.7. The molecule has 1 unspecified atom stereocenters. The van der Waals surface area contributed by atoms with Crippen molar-refractivity contribution < 1.29 is 4.80 Å². The molecule has 3 rings (SSSR count). The van der Waals surface area contributed by atoms with E-state index >= 15 is 0 Å². The van der Waals surface area contributed by atoms with Crippen LogP contribution in [0.3, 0.4) is 0 Å². The number of rotatable bonds is 6. The Morgan fingerprint density at radius 2 is 1.52 bits per heavy atom. The first-order valence-corrected chi connectivity index (χ1v) is 14.2. The highest BCUT2D eigenvalue weighted by Gasteiger charge is 2.38. The SMILES string of the molecule is CC(C)(CCC1CC(c2ccc(Cl)cc2)=C(c2ccc(Cl)cc2Cl)C1)[Si](C)(C)O. The minimum atomic E-state index is -2.20. The van der Waals surface area contributed by atoms with E-state index in [2.05, 4.69) is 26.0 Å². The third-order valence-corrected chi connectivity index (χ3v) is 11.0. The Labute approximate surface area is 190 Å². The van der Waals surface area contributed by atoms with Crippen LogP contribution in [0.1, 0.15) is 50.7 Å². The second-order valence-corrected chi connectivity index (χ2v) is 15.1. The molecule has 1 aliphatic rings. The number of allylic oxidation sites excluding steroid dienone is 2. The number of benzene rings is 2. The standard InChI is InChI=1S/C24H29Cl3OSi/c1-24(2,29(3,4)28)12-11-16-13-21(17-5-7-18(25)8-6-17)22(14-16)20-10-9-19(26)15-23(20)27/h5-10,15-16,28H,11-14H2,1-4H3. The van der Waals surface area contributed by atoms with Crippen molar-refractivity contribution >= 4 is 54.3 Å². The molecule has 0 saturated carbocycles. The quantitative estimate of drug-likeness (QED) is 0.421. The minimum Gasteiger partial charge on any atom is -0.432 e. The largest absolute Gasteiger partial charge is 0.432 e.